The molecular weight excluding hydrogens is 312 g/mol. The molecule has 0 unspecified atom stereocenters. The quantitative estimate of drug-likeness (QED) is 0.877. The number of amides is 1. The standard InChI is InChI=1S/C17H14N2O3S/c1-10-3-8-14(23-10)9-15-11(2)18-19(16(15)20)13-6-4-12(5-7-13)17(21)22/h3-9H,1-2H3,(H,21,22)/b15-9+. The number of benzene rings is 1. The van der Waals surface area contributed by atoms with E-state index < -0.39 is 5.97 Å². The molecule has 0 aliphatic carbocycles. The van der Waals surface area contributed by atoms with Crippen LogP contribution in [-0.4, -0.2) is 22.7 Å². The number of nitrogens with zero attached hydrogens (tertiary/aromatic N) is 2. The SMILES string of the molecule is CC1=NN(c2ccc(C(=O)O)cc2)C(=O)/C1=C/c1ccc(C)s1. The lowest BCUT2D eigenvalue weighted by Gasteiger charge is -2.11. The lowest BCUT2D eigenvalue weighted by Crippen LogP contribution is -2.21. The molecule has 0 fully saturated rings. The minimum absolute atomic E-state index is 0.172. The smallest absolute Gasteiger partial charge is 0.335 e. The number of carbonyl (C=O) groups is 2. The highest BCUT2D eigenvalue weighted by molar-refractivity contribution is 7.12. The molecule has 1 aromatic carbocycles. The number of hydrogen-bond acceptors (Lipinski definition) is 4. The number of carboxylic acids is 1. The van der Waals surface area contributed by atoms with Crippen molar-refractivity contribution in [3.05, 3.63) is 57.3 Å². The van der Waals surface area contributed by atoms with E-state index in [0.29, 0.717) is 17.0 Å². The number of aryl methyl sites for hydroxylation is 1. The summed E-state index contributed by atoms with van der Waals surface area (Å²) in [4.78, 5) is 25.7. The molecule has 0 atom stereocenters. The van der Waals surface area contributed by atoms with E-state index in [4.69, 9.17) is 5.11 Å². The van der Waals surface area contributed by atoms with Crippen LogP contribution in [0.3, 0.4) is 0 Å². The molecule has 2 heterocycles. The van der Waals surface area contributed by atoms with Gasteiger partial charge >= 0.3 is 5.97 Å². The summed E-state index contributed by atoms with van der Waals surface area (Å²) in [5, 5.41) is 14.5. The van der Waals surface area contributed by atoms with E-state index in [2.05, 4.69) is 5.10 Å². The van der Waals surface area contributed by atoms with E-state index >= 15 is 0 Å². The number of aromatic carboxylic acids is 1. The van der Waals surface area contributed by atoms with Gasteiger partial charge in [0.25, 0.3) is 5.91 Å². The Morgan fingerprint density at radius 3 is 2.43 bits per heavy atom. The van der Waals surface area contributed by atoms with Crippen molar-refractivity contribution in [2.75, 3.05) is 5.01 Å². The maximum atomic E-state index is 12.6. The molecular formula is C17H14N2O3S. The Balaban J connectivity index is 1.90. The second-order valence-electron chi connectivity index (χ2n) is 5.16. The molecule has 0 radical (unpaired) electrons. The van der Waals surface area contributed by atoms with E-state index in [-0.39, 0.29) is 11.5 Å². The largest absolute Gasteiger partial charge is 0.478 e. The summed E-state index contributed by atoms with van der Waals surface area (Å²) in [7, 11) is 0. The fraction of sp³-hybridized carbons (Fsp3) is 0.118. The molecule has 0 bridgehead atoms. The van der Waals surface area contributed by atoms with E-state index in [0.717, 1.165) is 4.88 Å². The van der Waals surface area contributed by atoms with Gasteiger partial charge in [0.1, 0.15) is 0 Å². The monoisotopic (exact) mass is 326 g/mol. The predicted molar refractivity (Wildman–Crippen MR) is 91.0 cm³/mol. The van der Waals surface area contributed by atoms with Gasteiger partial charge < -0.3 is 5.11 Å². The maximum absolute atomic E-state index is 12.6. The van der Waals surface area contributed by atoms with Crippen molar-refractivity contribution in [1.29, 1.82) is 0 Å². The van der Waals surface area contributed by atoms with Crippen molar-refractivity contribution >= 4 is 40.7 Å². The van der Waals surface area contributed by atoms with Gasteiger partial charge in [-0.1, -0.05) is 0 Å². The molecule has 1 N–H and O–H groups in total. The topological polar surface area (TPSA) is 70.0 Å². The van der Waals surface area contributed by atoms with Crippen LogP contribution in [0.25, 0.3) is 6.08 Å². The van der Waals surface area contributed by atoms with Crippen LogP contribution in [0.2, 0.25) is 0 Å². The third-order valence-corrected chi connectivity index (χ3v) is 4.42. The van der Waals surface area contributed by atoms with Crippen LogP contribution >= 0.6 is 11.3 Å². The molecule has 3 rings (SSSR count). The number of rotatable bonds is 3. The molecule has 2 aromatic rings. The molecule has 6 heteroatoms. The van der Waals surface area contributed by atoms with Gasteiger partial charge in [0.05, 0.1) is 22.5 Å². The van der Waals surface area contributed by atoms with Gasteiger partial charge in [0.15, 0.2) is 0 Å². The van der Waals surface area contributed by atoms with Gasteiger partial charge in [-0.05, 0) is 56.3 Å². The van der Waals surface area contributed by atoms with Crippen LogP contribution in [0, 0.1) is 6.92 Å². The highest BCUT2D eigenvalue weighted by atomic mass is 32.1. The van der Waals surface area contributed by atoms with Crippen molar-refractivity contribution in [2.24, 2.45) is 5.10 Å². The molecule has 0 saturated heterocycles. The predicted octanol–water partition coefficient (Wildman–Crippen LogP) is 3.56. The van der Waals surface area contributed by atoms with Gasteiger partial charge in [-0.25, -0.2) is 4.79 Å². The summed E-state index contributed by atoms with van der Waals surface area (Å²) in [5.41, 5.74) is 1.91. The van der Waals surface area contributed by atoms with Crippen molar-refractivity contribution in [1.82, 2.24) is 0 Å². The maximum Gasteiger partial charge on any atom is 0.335 e. The molecule has 116 valence electrons. The molecule has 0 spiro atoms. The second kappa shape index (κ2) is 5.81. The lowest BCUT2D eigenvalue weighted by atomic mass is 10.1. The summed E-state index contributed by atoms with van der Waals surface area (Å²) < 4.78 is 0. The van der Waals surface area contributed by atoms with E-state index in [9.17, 15) is 9.59 Å². The summed E-state index contributed by atoms with van der Waals surface area (Å²) in [6.07, 6.45) is 1.84. The average Bonchev–Trinajstić information content (AvgIpc) is 3.05. The zero-order valence-corrected chi connectivity index (χ0v) is 13.4. The Kier molecular flexibility index (Phi) is 3.83. The number of hydrogen-bond donors (Lipinski definition) is 1. The summed E-state index contributed by atoms with van der Waals surface area (Å²) >= 11 is 1.61. The highest BCUT2D eigenvalue weighted by Crippen LogP contribution is 2.27. The molecule has 1 aromatic heterocycles. The first kappa shape index (κ1) is 15.2. The summed E-state index contributed by atoms with van der Waals surface area (Å²) in [5.74, 6) is -1.21. The molecule has 1 aliphatic rings. The van der Waals surface area contributed by atoms with Crippen LogP contribution in [-0.2, 0) is 4.79 Å². The number of thiophene rings is 1. The fourth-order valence-electron chi connectivity index (χ4n) is 2.28. The van der Waals surface area contributed by atoms with Gasteiger partial charge in [-0.15, -0.1) is 11.3 Å². The zero-order chi connectivity index (χ0) is 16.6. The minimum Gasteiger partial charge on any atom is -0.478 e. The number of hydrazone groups is 1. The van der Waals surface area contributed by atoms with Crippen molar-refractivity contribution < 1.29 is 14.7 Å². The van der Waals surface area contributed by atoms with Crippen molar-refractivity contribution in [3.63, 3.8) is 0 Å². The Morgan fingerprint density at radius 1 is 1.17 bits per heavy atom. The number of anilines is 1. The van der Waals surface area contributed by atoms with Crippen molar-refractivity contribution in [3.8, 4) is 0 Å². The zero-order valence-electron chi connectivity index (χ0n) is 12.6. The average molecular weight is 326 g/mol. The third-order valence-electron chi connectivity index (χ3n) is 3.47. The van der Waals surface area contributed by atoms with Gasteiger partial charge in [0, 0.05) is 9.75 Å². The summed E-state index contributed by atoms with van der Waals surface area (Å²) in [6, 6.07) is 10.1. The number of carboxylic acid groups (broad SMARTS) is 1. The summed E-state index contributed by atoms with van der Waals surface area (Å²) in [6.45, 7) is 3.80. The first-order chi connectivity index (χ1) is 11.0. The van der Waals surface area contributed by atoms with Crippen LogP contribution < -0.4 is 5.01 Å². The Hall–Kier alpha value is -2.73. The lowest BCUT2D eigenvalue weighted by molar-refractivity contribution is -0.114. The molecule has 1 amide bonds. The Morgan fingerprint density at radius 2 is 1.87 bits per heavy atom. The molecule has 5 nitrogen and oxygen atoms in total. The minimum atomic E-state index is -1.00. The van der Waals surface area contributed by atoms with Gasteiger partial charge in [0.2, 0.25) is 0 Å². The molecule has 0 saturated carbocycles. The Bertz CT molecular complexity index is 847. The van der Waals surface area contributed by atoms with Crippen LogP contribution in [0.4, 0.5) is 5.69 Å². The van der Waals surface area contributed by atoms with Crippen LogP contribution in [0.5, 0.6) is 0 Å². The molecule has 23 heavy (non-hydrogen) atoms. The normalized spacial score (nSPS) is 16.1. The van der Waals surface area contributed by atoms with E-state index in [1.165, 1.54) is 22.0 Å². The second-order valence-corrected chi connectivity index (χ2v) is 6.48. The number of carbonyl (C=O) groups excluding carboxylic acids is 1. The van der Waals surface area contributed by atoms with Crippen molar-refractivity contribution in [2.45, 2.75) is 13.8 Å². The van der Waals surface area contributed by atoms with E-state index in [1.54, 1.807) is 30.4 Å². The van der Waals surface area contributed by atoms with Gasteiger partial charge in [-0.3, -0.25) is 4.79 Å². The first-order valence-electron chi connectivity index (χ1n) is 6.97. The third kappa shape index (κ3) is 2.93. The fourth-order valence-corrected chi connectivity index (χ4v) is 3.10. The highest BCUT2D eigenvalue weighted by Gasteiger charge is 2.28. The first-order valence-corrected chi connectivity index (χ1v) is 7.79. The van der Waals surface area contributed by atoms with Crippen LogP contribution in [0.15, 0.2) is 47.1 Å². The van der Waals surface area contributed by atoms with Crippen LogP contribution in [0.1, 0.15) is 27.0 Å². The van der Waals surface area contributed by atoms with Gasteiger partial charge in [-0.2, -0.15) is 10.1 Å². The van der Waals surface area contributed by atoms with E-state index in [1.807, 2.05) is 25.1 Å². The Labute approximate surface area is 137 Å². The molecule has 1 aliphatic heterocycles.